The summed E-state index contributed by atoms with van der Waals surface area (Å²) in [5.74, 6) is -2.11. The van der Waals surface area contributed by atoms with Gasteiger partial charge in [-0.1, -0.05) is 55.5 Å². The van der Waals surface area contributed by atoms with E-state index < -0.39 is 30.1 Å². The van der Waals surface area contributed by atoms with Crippen molar-refractivity contribution < 1.29 is 29.3 Å². The van der Waals surface area contributed by atoms with Gasteiger partial charge in [0.1, 0.15) is 6.61 Å². The maximum atomic E-state index is 12.2. The molecule has 8 nitrogen and oxygen atoms in total. The van der Waals surface area contributed by atoms with E-state index in [1.54, 1.807) is 6.92 Å². The molecule has 0 saturated heterocycles. The summed E-state index contributed by atoms with van der Waals surface area (Å²) in [5.41, 5.74) is 4.54. The standard InChI is InChI=1S/C24H28N2O6/c1-14(11-21(28)26-22(15(2)27)23(29)30)12-25-24(31)32-13-20-18-9-5-3-7-16(18)17-8-4-6-10-19(17)20/h3-10,14-15,20,22,27H,11-13H2,1-2H3,(H,25,31)(H,26,28)(H,29,30). The highest BCUT2D eigenvalue weighted by atomic mass is 16.5. The molecule has 32 heavy (non-hydrogen) atoms. The van der Waals surface area contributed by atoms with Gasteiger partial charge in [-0.25, -0.2) is 9.59 Å². The number of fused-ring (bicyclic) bond motifs is 3. The van der Waals surface area contributed by atoms with Gasteiger partial charge >= 0.3 is 12.1 Å². The van der Waals surface area contributed by atoms with Crippen molar-refractivity contribution in [1.82, 2.24) is 10.6 Å². The molecule has 3 rings (SSSR count). The van der Waals surface area contributed by atoms with Crippen molar-refractivity contribution in [3.05, 3.63) is 59.7 Å². The summed E-state index contributed by atoms with van der Waals surface area (Å²) in [5, 5.41) is 23.4. The van der Waals surface area contributed by atoms with Crippen molar-refractivity contribution in [1.29, 1.82) is 0 Å². The van der Waals surface area contributed by atoms with Crippen LogP contribution < -0.4 is 10.6 Å². The number of ether oxygens (including phenoxy) is 1. The Bertz CT molecular complexity index is 944. The van der Waals surface area contributed by atoms with E-state index in [-0.39, 0.29) is 31.4 Å². The lowest BCUT2D eigenvalue weighted by atomic mass is 9.98. The van der Waals surface area contributed by atoms with Gasteiger partial charge in [-0.15, -0.1) is 0 Å². The number of hydrogen-bond acceptors (Lipinski definition) is 5. The number of benzene rings is 2. The van der Waals surface area contributed by atoms with E-state index in [1.807, 2.05) is 36.4 Å². The van der Waals surface area contributed by atoms with Gasteiger partial charge < -0.3 is 25.6 Å². The van der Waals surface area contributed by atoms with E-state index in [9.17, 15) is 19.5 Å². The molecular formula is C24H28N2O6. The summed E-state index contributed by atoms with van der Waals surface area (Å²) in [6.45, 7) is 3.43. The molecular weight excluding hydrogens is 412 g/mol. The first kappa shape index (κ1) is 23.3. The number of carbonyl (C=O) groups excluding carboxylic acids is 2. The monoisotopic (exact) mass is 440 g/mol. The molecule has 0 aliphatic heterocycles. The lowest BCUT2D eigenvalue weighted by Crippen LogP contribution is -2.48. The fourth-order valence-electron chi connectivity index (χ4n) is 3.92. The molecule has 2 aromatic carbocycles. The Morgan fingerprint density at radius 2 is 1.56 bits per heavy atom. The predicted octanol–water partition coefficient (Wildman–Crippen LogP) is 2.50. The van der Waals surface area contributed by atoms with Crippen molar-refractivity contribution in [2.24, 2.45) is 5.92 Å². The number of carbonyl (C=O) groups is 3. The molecule has 0 saturated carbocycles. The third-order valence-electron chi connectivity index (χ3n) is 5.54. The third kappa shape index (κ3) is 5.45. The van der Waals surface area contributed by atoms with Crippen LogP contribution in [0.3, 0.4) is 0 Å². The molecule has 0 radical (unpaired) electrons. The van der Waals surface area contributed by atoms with Crippen LogP contribution in [0, 0.1) is 5.92 Å². The van der Waals surface area contributed by atoms with Crippen LogP contribution in [0.1, 0.15) is 37.3 Å². The first-order valence-electron chi connectivity index (χ1n) is 10.6. The topological polar surface area (TPSA) is 125 Å². The van der Waals surface area contributed by atoms with Gasteiger partial charge in [0.25, 0.3) is 0 Å². The molecule has 0 aromatic heterocycles. The van der Waals surface area contributed by atoms with E-state index in [4.69, 9.17) is 9.84 Å². The number of aliphatic carboxylic acids is 1. The number of carboxylic acids is 1. The fraction of sp³-hybridized carbons (Fsp3) is 0.375. The summed E-state index contributed by atoms with van der Waals surface area (Å²) in [4.78, 5) is 35.3. The Hall–Kier alpha value is -3.39. The minimum Gasteiger partial charge on any atom is -0.480 e. The van der Waals surface area contributed by atoms with E-state index in [0.29, 0.717) is 0 Å². The van der Waals surface area contributed by atoms with Crippen molar-refractivity contribution in [2.45, 2.75) is 38.3 Å². The van der Waals surface area contributed by atoms with E-state index in [2.05, 4.69) is 22.8 Å². The molecule has 2 amide bonds. The van der Waals surface area contributed by atoms with Crippen LogP contribution in [0.2, 0.25) is 0 Å². The normalized spacial score (nSPS) is 15.1. The Balaban J connectivity index is 1.48. The zero-order valence-corrected chi connectivity index (χ0v) is 18.1. The van der Waals surface area contributed by atoms with Crippen molar-refractivity contribution in [3.8, 4) is 11.1 Å². The van der Waals surface area contributed by atoms with Gasteiger partial charge in [0.2, 0.25) is 5.91 Å². The number of amides is 2. The minimum atomic E-state index is -1.37. The summed E-state index contributed by atoms with van der Waals surface area (Å²) < 4.78 is 5.46. The Labute approximate surface area is 186 Å². The van der Waals surface area contributed by atoms with Gasteiger partial charge in [0.15, 0.2) is 6.04 Å². The first-order chi connectivity index (χ1) is 15.3. The van der Waals surface area contributed by atoms with Gasteiger partial charge in [-0.3, -0.25) is 4.79 Å². The highest BCUT2D eigenvalue weighted by molar-refractivity contribution is 5.84. The van der Waals surface area contributed by atoms with Crippen LogP contribution in [-0.2, 0) is 14.3 Å². The molecule has 4 N–H and O–H groups in total. The van der Waals surface area contributed by atoms with Crippen molar-refractivity contribution in [3.63, 3.8) is 0 Å². The predicted molar refractivity (Wildman–Crippen MR) is 118 cm³/mol. The average molecular weight is 440 g/mol. The minimum absolute atomic E-state index is 0.000154. The molecule has 2 aromatic rings. The molecule has 0 bridgehead atoms. The van der Waals surface area contributed by atoms with Crippen LogP contribution in [0.15, 0.2) is 48.5 Å². The van der Waals surface area contributed by atoms with E-state index in [1.165, 1.54) is 6.92 Å². The molecule has 1 aliphatic rings. The summed E-state index contributed by atoms with van der Waals surface area (Å²) in [6.07, 6.45) is -1.79. The molecule has 170 valence electrons. The second kappa shape index (κ2) is 10.3. The molecule has 0 heterocycles. The maximum absolute atomic E-state index is 12.2. The largest absolute Gasteiger partial charge is 0.480 e. The number of carboxylic acid groups (broad SMARTS) is 1. The lowest BCUT2D eigenvalue weighted by molar-refractivity contribution is -0.144. The maximum Gasteiger partial charge on any atom is 0.407 e. The van der Waals surface area contributed by atoms with Gasteiger partial charge in [-0.2, -0.15) is 0 Å². The second-order valence-corrected chi connectivity index (χ2v) is 8.14. The van der Waals surface area contributed by atoms with Crippen LogP contribution in [0.25, 0.3) is 11.1 Å². The van der Waals surface area contributed by atoms with E-state index >= 15 is 0 Å². The third-order valence-corrected chi connectivity index (χ3v) is 5.54. The van der Waals surface area contributed by atoms with Crippen LogP contribution in [-0.4, -0.2) is 53.5 Å². The van der Waals surface area contributed by atoms with Crippen LogP contribution in [0.4, 0.5) is 4.79 Å². The van der Waals surface area contributed by atoms with Gasteiger partial charge in [0, 0.05) is 18.9 Å². The number of aliphatic hydroxyl groups excluding tert-OH is 1. The Morgan fingerprint density at radius 3 is 2.09 bits per heavy atom. The van der Waals surface area contributed by atoms with Crippen LogP contribution in [0.5, 0.6) is 0 Å². The summed E-state index contributed by atoms with van der Waals surface area (Å²) in [6, 6.07) is 14.8. The number of hydrogen-bond donors (Lipinski definition) is 4. The average Bonchev–Trinajstić information content (AvgIpc) is 3.08. The Morgan fingerprint density at radius 1 is 1.00 bits per heavy atom. The molecule has 8 heteroatoms. The zero-order chi connectivity index (χ0) is 23.3. The lowest BCUT2D eigenvalue weighted by Gasteiger charge is -2.19. The quantitative estimate of drug-likeness (QED) is 0.475. The van der Waals surface area contributed by atoms with Crippen molar-refractivity contribution in [2.75, 3.05) is 13.2 Å². The number of aliphatic hydroxyl groups is 1. The van der Waals surface area contributed by atoms with Gasteiger partial charge in [-0.05, 0) is 35.1 Å². The fourth-order valence-corrected chi connectivity index (χ4v) is 3.92. The Kier molecular flexibility index (Phi) is 7.48. The highest BCUT2D eigenvalue weighted by Crippen LogP contribution is 2.44. The van der Waals surface area contributed by atoms with Crippen molar-refractivity contribution >= 4 is 18.0 Å². The van der Waals surface area contributed by atoms with Gasteiger partial charge in [0.05, 0.1) is 6.10 Å². The van der Waals surface area contributed by atoms with Crippen LogP contribution >= 0.6 is 0 Å². The molecule has 3 atom stereocenters. The number of rotatable bonds is 9. The summed E-state index contributed by atoms with van der Waals surface area (Å²) in [7, 11) is 0. The zero-order valence-electron chi connectivity index (χ0n) is 18.1. The summed E-state index contributed by atoms with van der Waals surface area (Å²) >= 11 is 0. The first-order valence-corrected chi connectivity index (χ1v) is 10.6. The smallest absolute Gasteiger partial charge is 0.407 e. The molecule has 0 spiro atoms. The second-order valence-electron chi connectivity index (χ2n) is 8.14. The number of alkyl carbamates (subject to hydrolysis) is 1. The highest BCUT2D eigenvalue weighted by Gasteiger charge is 2.29. The number of nitrogens with one attached hydrogen (secondary N) is 2. The molecule has 1 aliphatic carbocycles. The molecule has 3 unspecified atom stereocenters. The van der Waals surface area contributed by atoms with E-state index in [0.717, 1.165) is 22.3 Å². The SMILES string of the molecule is CC(CNC(=O)OCC1c2ccccc2-c2ccccc21)CC(=O)NC(C(=O)O)C(C)O. The molecule has 0 fully saturated rings.